The summed E-state index contributed by atoms with van der Waals surface area (Å²) in [6, 6.07) is 12.9. The molecule has 1 N–H and O–H groups in total. The Labute approximate surface area is 157 Å². The van der Waals surface area contributed by atoms with Gasteiger partial charge in [-0.2, -0.15) is 0 Å². The number of hydrogen-bond donors (Lipinski definition) is 1. The number of anilines is 1. The van der Waals surface area contributed by atoms with Crippen LogP contribution in [0, 0.1) is 10.1 Å². The van der Waals surface area contributed by atoms with Crippen LogP contribution in [0.25, 0.3) is 11.5 Å². The van der Waals surface area contributed by atoms with Crippen LogP contribution in [0.5, 0.6) is 5.75 Å². The summed E-state index contributed by atoms with van der Waals surface area (Å²) in [6.45, 7) is 0. The van der Waals surface area contributed by atoms with Gasteiger partial charge in [0.05, 0.1) is 23.3 Å². The molecule has 0 radical (unpaired) electrons. The summed E-state index contributed by atoms with van der Waals surface area (Å²) in [5.41, 5.74) is 0.897. The molecule has 0 bridgehead atoms. The Morgan fingerprint density at radius 1 is 1.26 bits per heavy atom. The number of methoxy groups -OCH3 is 1. The lowest BCUT2D eigenvalue weighted by molar-refractivity contribution is -0.384. The molecule has 3 aromatic rings. The molecule has 0 saturated heterocycles. The third kappa shape index (κ3) is 4.61. The van der Waals surface area contributed by atoms with Gasteiger partial charge in [0.15, 0.2) is 0 Å². The first-order valence-corrected chi connectivity index (χ1v) is 8.69. The van der Waals surface area contributed by atoms with E-state index in [1.807, 2.05) is 12.1 Å². The fraction of sp³-hybridized carbons (Fsp3) is 0.118. The molecule has 1 aromatic heterocycles. The number of aromatic nitrogens is 2. The maximum absolute atomic E-state index is 12.0. The van der Waals surface area contributed by atoms with Crippen molar-refractivity contribution in [2.75, 3.05) is 18.2 Å². The number of nitrogens with one attached hydrogen (secondary N) is 1. The van der Waals surface area contributed by atoms with Gasteiger partial charge in [0, 0.05) is 17.8 Å². The average molecular weight is 386 g/mol. The summed E-state index contributed by atoms with van der Waals surface area (Å²) < 4.78 is 10.8. The van der Waals surface area contributed by atoms with Crippen LogP contribution in [0.4, 0.5) is 11.4 Å². The predicted molar refractivity (Wildman–Crippen MR) is 98.7 cm³/mol. The zero-order chi connectivity index (χ0) is 19.2. The number of carbonyl (C=O) groups is 1. The van der Waals surface area contributed by atoms with E-state index in [2.05, 4.69) is 15.5 Å². The van der Waals surface area contributed by atoms with Crippen LogP contribution in [0.1, 0.15) is 0 Å². The van der Waals surface area contributed by atoms with Crippen molar-refractivity contribution in [1.82, 2.24) is 10.2 Å². The zero-order valence-electron chi connectivity index (χ0n) is 14.1. The number of ether oxygens (including phenoxy) is 1. The Morgan fingerprint density at radius 2 is 2.07 bits per heavy atom. The monoisotopic (exact) mass is 386 g/mol. The molecule has 0 saturated carbocycles. The second-order valence-corrected chi connectivity index (χ2v) is 6.14. The Morgan fingerprint density at radius 3 is 2.85 bits per heavy atom. The number of nitro groups is 1. The molecule has 1 heterocycles. The molecule has 0 unspecified atom stereocenters. The Kier molecular flexibility index (Phi) is 5.67. The van der Waals surface area contributed by atoms with Crippen LogP contribution in [-0.4, -0.2) is 33.9 Å². The van der Waals surface area contributed by atoms with Gasteiger partial charge in [0.1, 0.15) is 5.75 Å². The number of hydrogen-bond acceptors (Lipinski definition) is 8. The number of thioether (sulfide) groups is 1. The van der Waals surface area contributed by atoms with Crippen molar-refractivity contribution in [3.05, 3.63) is 58.6 Å². The SMILES string of the molecule is COc1ccccc1-c1nnc(SCC(=O)Nc2cccc([N+](=O)[O-])c2)o1. The highest BCUT2D eigenvalue weighted by Gasteiger charge is 2.15. The lowest BCUT2D eigenvalue weighted by Gasteiger charge is -2.04. The Hall–Kier alpha value is -3.40. The van der Waals surface area contributed by atoms with Gasteiger partial charge in [0.25, 0.3) is 16.8 Å². The van der Waals surface area contributed by atoms with E-state index in [1.165, 1.54) is 18.2 Å². The van der Waals surface area contributed by atoms with Gasteiger partial charge in [-0.1, -0.05) is 30.0 Å². The van der Waals surface area contributed by atoms with Crippen molar-refractivity contribution >= 4 is 29.0 Å². The van der Waals surface area contributed by atoms with Gasteiger partial charge >= 0.3 is 0 Å². The average Bonchev–Trinajstić information content (AvgIpc) is 3.15. The molecular formula is C17H14N4O5S. The van der Waals surface area contributed by atoms with Crippen molar-refractivity contribution in [3.63, 3.8) is 0 Å². The standard InChI is InChI=1S/C17H14N4O5S/c1-25-14-8-3-2-7-13(14)16-19-20-17(26-16)27-10-15(22)18-11-5-4-6-12(9-11)21(23)24/h2-9H,10H2,1H3,(H,18,22). The third-order valence-corrected chi connectivity index (χ3v) is 4.23. The number of para-hydroxylation sites is 1. The fourth-order valence-corrected chi connectivity index (χ4v) is 2.78. The Balaban J connectivity index is 1.61. The van der Waals surface area contributed by atoms with Crippen molar-refractivity contribution in [3.8, 4) is 17.2 Å². The maximum Gasteiger partial charge on any atom is 0.277 e. The van der Waals surface area contributed by atoms with Gasteiger partial charge in [-0.3, -0.25) is 14.9 Å². The summed E-state index contributed by atoms with van der Waals surface area (Å²) in [7, 11) is 1.54. The van der Waals surface area contributed by atoms with Crippen LogP contribution in [-0.2, 0) is 4.79 Å². The topological polar surface area (TPSA) is 120 Å². The zero-order valence-corrected chi connectivity index (χ0v) is 14.9. The van der Waals surface area contributed by atoms with Crippen LogP contribution in [0.2, 0.25) is 0 Å². The summed E-state index contributed by atoms with van der Waals surface area (Å²) in [6.07, 6.45) is 0. The van der Waals surface area contributed by atoms with Gasteiger partial charge < -0.3 is 14.5 Å². The first-order chi connectivity index (χ1) is 13.1. The fourth-order valence-electron chi connectivity index (χ4n) is 2.22. The van der Waals surface area contributed by atoms with Crippen LogP contribution < -0.4 is 10.1 Å². The molecule has 138 valence electrons. The molecule has 10 heteroatoms. The lowest BCUT2D eigenvalue weighted by atomic mass is 10.2. The quantitative estimate of drug-likeness (QED) is 0.373. The van der Waals surface area contributed by atoms with E-state index in [-0.39, 0.29) is 28.5 Å². The van der Waals surface area contributed by atoms with Gasteiger partial charge in [0.2, 0.25) is 5.91 Å². The third-order valence-electron chi connectivity index (χ3n) is 3.41. The van der Waals surface area contributed by atoms with Crippen molar-refractivity contribution in [1.29, 1.82) is 0 Å². The molecule has 27 heavy (non-hydrogen) atoms. The van der Waals surface area contributed by atoms with E-state index in [4.69, 9.17) is 9.15 Å². The highest BCUT2D eigenvalue weighted by Crippen LogP contribution is 2.30. The number of nitrogens with zero attached hydrogens (tertiary/aromatic N) is 3. The molecule has 0 aliphatic heterocycles. The number of benzene rings is 2. The Bertz CT molecular complexity index is 975. The first-order valence-electron chi connectivity index (χ1n) is 7.71. The van der Waals surface area contributed by atoms with Crippen molar-refractivity contribution in [2.24, 2.45) is 0 Å². The summed E-state index contributed by atoms with van der Waals surface area (Å²) >= 11 is 1.06. The predicted octanol–water partition coefficient (Wildman–Crippen LogP) is 3.38. The number of carbonyl (C=O) groups excluding carboxylic acids is 1. The maximum atomic E-state index is 12.0. The summed E-state index contributed by atoms with van der Waals surface area (Å²) in [5.74, 6) is 0.545. The van der Waals surface area contributed by atoms with Crippen LogP contribution in [0.15, 0.2) is 58.2 Å². The molecule has 3 rings (SSSR count). The minimum atomic E-state index is -0.526. The van der Waals surface area contributed by atoms with Gasteiger partial charge in [-0.05, 0) is 18.2 Å². The first kappa shape index (κ1) is 18.4. The second-order valence-electron chi connectivity index (χ2n) is 5.22. The van der Waals surface area contributed by atoms with Crippen molar-refractivity contribution in [2.45, 2.75) is 5.22 Å². The van der Waals surface area contributed by atoms with E-state index in [1.54, 1.807) is 25.3 Å². The normalized spacial score (nSPS) is 10.4. The number of amides is 1. The van der Waals surface area contributed by atoms with E-state index in [0.29, 0.717) is 17.0 Å². The molecule has 0 spiro atoms. The highest BCUT2D eigenvalue weighted by atomic mass is 32.2. The van der Waals surface area contributed by atoms with Crippen LogP contribution >= 0.6 is 11.8 Å². The number of nitro benzene ring substituents is 1. The highest BCUT2D eigenvalue weighted by molar-refractivity contribution is 7.99. The van der Waals surface area contributed by atoms with Gasteiger partial charge in [-0.25, -0.2) is 0 Å². The second kappa shape index (κ2) is 8.32. The molecule has 9 nitrogen and oxygen atoms in total. The summed E-state index contributed by atoms with van der Waals surface area (Å²) in [4.78, 5) is 22.3. The molecule has 0 aliphatic rings. The van der Waals surface area contributed by atoms with Gasteiger partial charge in [-0.15, -0.1) is 10.2 Å². The molecule has 1 amide bonds. The van der Waals surface area contributed by atoms with E-state index in [0.717, 1.165) is 11.8 Å². The molecule has 0 aliphatic carbocycles. The number of rotatable bonds is 7. The minimum absolute atomic E-state index is 0.0102. The number of non-ortho nitro benzene ring substituents is 1. The van der Waals surface area contributed by atoms with E-state index in [9.17, 15) is 14.9 Å². The lowest BCUT2D eigenvalue weighted by Crippen LogP contribution is -2.14. The molecular weight excluding hydrogens is 372 g/mol. The van der Waals surface area contributed by atoms with Crippen molar-refractivity contribution < 1.29 is 18.9 Å². The molecule has 0 fully saturated rings. The minimum Gasteiger partial charge on any atom is -0.496 e. The summed E-state index contributed by atoms with van der Waals surface area (Å²) in [5, 5.41) is 21.5. The van der Waals surface area contributed by atoms with E-state index >= 15 is 0 Å². The van der Waals surface area contributed by atoms with Crippen LogP contribution in [0.3, 0.4) is 0 Å². The smallest absolute Gasteiger partial charge is 0.277 e. The largest absolute Gasteiger partial charge is 0.496 e. The van der Waals surface area contributed by atoms with E-state index < -0.39 is 4.92 Å². The molecule has 0 atom stereocenters. The molecule has 2 aromatic carbocycles.